The molecule has 0 aliphatic rings. The molecule has 1 heterocycles. The average Bonchev–Trinajstić information content (AvgIpc) is 3.17. The van der Waals surface area contributed by atoms with E-state index in [0.29, 0.717) is 24.3 Å². The maximum atomic E-state index is 9.93. The van der Waals surface area contributed by atoms with Crippen molar-refractivity contribution in [1.82, 2.24) is 4.55 Å². The van der Waals surface area contributed by atoms with Gasteiger partial charge in [0.15, 0.2) is 11.8 Å². The summed E-state index contributed by atoms with van der Waals surface area (Å²) in [5, 5.41) is 16.3. The van der Waals surface area contributed by atoms with Gasteiger partial charge < -0.3 is 21.7 Å². The maximum absolute atomic E-state index is 9.93. The highest BCUT2D eigenvalue weighted by Crippen LogP contribution is 1.89. The van der Waals surface area contributed by atoms with Gasteiger partial charge in [-0.05, 0) is 24.3 Å². The second-order valence-corrected chi connectivity index (χ2v) is 4.56. The summed E-state index contributed by atoms with van der Waals surface area (Å²) in [6, 6.07) is -1.49. The Labute approximate surface area is 125 Å². The minimum Gasteiger partial charge on any atom is -0.480 e. The molecule has 0 fully saturated rings. The average molecular weight is 333 g/mol. The van der Waals surface area contributed by atoms with Crippen LogP contribution in [0.4, 0.5) is 0 Å². The molecule has 1 aromatic rings. The fraction of sp³-hybridized carbons (Fsp3) is 0.750. The zero-order valence-electron chi connectivity index (χ0n) is 10.1. The minimum absolute atomic E-state index is 0.429. The monoisotopic (exact) mass is 333 g/mol. The third-order valence-corrected chi connectivity index (χ3v) is 2.28. The molecule has 114 valence electrons. The summed E-state index contributed by atoms with van der Waals surface area (Å²) in [7, 11) is 0. The number of nitrogens with one attached hydrogen (secondary N) is 1. The summed E-state index contributed by atoms with van der Waals surface area (Å²) in [4.78, 5) is 19.9. The van der Waals surface area contributed by atoms with E-state index in [9.17, 15) is 9.59 Å². The molecule has 0 aliphatic heterocycles. The Morgan fingerprint density at radius 3 is 1.42 bits per heavy atom. The first-order chi connectivity index (χ1) is 8.86. The quantitative estimate of drug-likeness (QED) is 0.364. The molecule has 0 radical (unpaired) electrons. The molecule has 11 heteroatoms. The van der Waals surface area contributed by atoms with Crippen LogP contribution in [0.3, 0.4) is 0 Å². The molecule has 1 aromatic heterocycles. The van der Waals surface area contributed by atoms with Gasteiger partial charge in [-0.2, -0.15) is 25.3 Å². The van der Waals surface area contributed by atoms with Crippen LogP contribution in [0, 0.1) is 0 Å². The van der Waals surface area contributed by atoms with E-state index in [1.807, 2.05) is 0 Å². The molecule has 7 N–H and O–H groups in total. The highest BCUT2D eigenvalue weighted by Gasteiger charge is 2.08. The van der Waals surface area contributed by atoms with Crippen molar-refractivity contribution < 1.29 is 23.8 Å². The standard InChI is InChI=1S/2C4H9NO2S.HNOS/c2*5-3(1-2-8)4(6)7;1-2-3-1/h2*3,8H,1-2,5H2,(H,6,7);1H/t2*3-;/m00./s1. The van der Waals surface area contributed by atoms with E-state index in [-0.39, 0.29) is 0 Å². The molecule has 0 saturated carbocycles. The lowest BCUT2D eigenvalue weighted by Gasteiger charge is -2.00. The van der Waals surface area contributed by atoms with Crippen molar-refractivity contribution in [2.75, 3.05) is 11.5 Å². The van der Waals surface area contributed by atoms with Crippen molar-refractivity contribution in [3.63, 3.8) is 0 Å². The topological polar surface area (TPSA) is 156 Å². The summed E-state index contributed by atoms with van der Waals surface area (Å²) >= 11 is 8.87. The van der Waals surface area contributed by atoms with Gasteiger partial charge in [-0.3, -0.25) is 13.5 Å². The van der Waals surface area contributed by atoms with Gasteiger partial charge in [0, 0.05) is 0 Å². The Kier molecular flexibility index (Phi) is 15.0. The number of nitrogens with two attached hydrogens (primary N) is 2. The maximum Gasteiger partial charge on any atom is 0.320 e. The van der Waals surface area contributed by atoms with Crippen molar-refractivity contribution >= 4 is 49.0 Å². The van der Waals surface area contributed by atoms with Crippen LogP contribution in [0.25, 0.3) is 0 Å². The number of hydrogen-bond donors (Lipinski definition) is 7. The number of carboxylic acids is 2. The Morgan fingerprint density at radius 2 is 1.37 bits per heavy atom. The largest absolute Gasteiger partial charge is 0.480 e. The van der Waals surface area contributed by atoms with Gasteiger partial charge in [-0.25, -0.2) is 0 Å². The van der Waals surface area contributed by atoms with E-state index in [2.05, 4.69) is 33.8 Å². The van der Waals surface area contributed by atoms with Gasteiger partial charge in [-0.15, -0.1) is 4.55 Å². The summed E-state index contributed by atoms with van der Waals surface area (Å²) < 4.78 is 6.58. The van der Waals surface area contributed by atoms with Crippen LogP contribution in [0.1, 0.15) is 12.8 Å². The fourth-order valence-electron chi connectivity index (χ4n) is 0.525. The molecule has 1 rings (SSSR count). The van der Waals surface area contributed by atoms with Crippen LogP contribution in [0.15, 0.2) is 3.96 Å². The molecule has 19 heavy (non-hydrogen) atoms. The Bertz CT molecular complexity index is 280. The van der Waals surface area contributed by atoms with Gasteiger partial charge in [0.05, 0.1) is 0 Å². The van der Waals surface area contributed by atoms with Crippen molar-refractivity contribution in [1.29, 1.82) is 0 Å². The summed E-state index contributed by atoms with van der Waals surface area (Å²) in [6.07, 6.45) is 0.858. The number of carboxylic acid groups (broad SMARTS) is 2. The molecule has 2 atom stereocenters. The number of carbonyl (C=O) groups is 2. The summed E-state index contributed by atoms with van der Waals surface area (Å²) in [5.74, 6) is -0.876. The van der Waals surface area contributed by atoms with E-state index in [1.165, 1.54) is 11.8 Å². The summed E-state index contributed by atoms with van der Waals surface area (Å²) in [6.45, 7) is 0. The molecule has 0 aliphatic carbocycles. The van der Waals surface area contributed by atoms with E-state index in [1.54, 1.807) is 0 Å². The van der Waals surface area contributed by atoms with Gasteiger partial charge in [0.25, 0.3) is 0 Å². The molecular formula is C8H19N3O5S3. The number of H-pyrrole nitrogens is 1. The smallest absolute Gasteiger partial charge is 0.320 e. The molecular weight excluding hydrogens is 314 g/mol. The van der Waals surface area contributed by atoms with Gasteiger partial charge in [-0.1, -0.05) is 0 Å². The van der Waals surface area contributed by atoms with E-state index in [4.69, 9.17) is 21.7 Å². The van der Waals surface area contributed by atoms with Crippen molar-refractivity contribution in [3.05, 3.63) is 0 Å². The molecule has 0 saturated heterocycles. The lowest BCUT2D eigenvalue weighted by atomic mass is 10.2. The Balaban J connectivity index is 0. The lowest BCUT2D eigenvalue weighted by Crippen LogP contribution is -2.30. The highest BCUT2D eigenvalue weighted by molar-refractivity contribution is 7.80. The minimum atomic E-state index is -0.959. The predicted octanol–water partition coefficient (Wildman–Crippen LogP) is 0.106. The third kappa shape index (κ3) is 19.9. The van der Waals surface area contributed by atoms with Crippen LogP contribution in [-0.4, -0.2) is 50.3 Å². The van der Waals surface area contributed by atoms with Crippen molar-refractivity contribution in [2.45, 2.75) is 24.9 Å². The van der Waals surface area contributed by atoms with Crippen LogP contribution < -0.4 is 11.5 Å². The molecule has 0 unspecified atom stereocenters. The lowest BCUT2D eigenvalue weighted by molar-refractivity contribution is -0.139. The number of hydrogen-bond acceptors (Lipinski definition) is 8. The van der Waals surface area contributed by atoms with Gasteiger partial charge in [0.2, 0.25) is 0 Å². The molecule has 0 bridgehead atoms. The van der Waals surface area contributed by atoms with E-state index >= 15 is 0 Å². The Hall–Kier alpha value is -0.620. The van der Waals surface area contributed by atoms with Crippen LogP contribution >= 0.6 is 37.1 Å². The second kappa shape index (κ2) is 13.8. The number of aromatic amines is 1. The number of aromatic nitrogens is 1. The normalized spacial score (nSPS) is 12.4. The van der Waals surface area contributed by atoms with Crippen molar-refractivity contribution in [2.24, 2.45) is 11.5 Å². The molecule has 0 aromatic carbocycles. The van der Waals surface area contributed by atoms with Gasteiger partial charge >= 0.3 is 11.9 Å². The van der Waals surface area contributed by atoms with Crippen molar-refractivity contribution in [3.8, 4) is 0 Å². The molecule has 0 amide bonds. The predicted molar refractivity (Wildman–Crippen MR) is 79.1 cm³/mol. The number of rotatable bonds is 6. The first-order valence-electron chi connectivity index (χ1n) is 5.12. The molecule has 0 spiro atoms. The van der Waals surface area contributed by atoms with Gasteiger partial charge in [0.1, 0.15) is 12.1 Å². The van der Waals surface area contributed by atoms with Crippen LogP contribution in [0.5, 0.6) is 0 Å². The molecule has 8 nitrogen and oxygen atoms in total. The summed E-state index contributed by atoms with van der Waals surface area (Å²) in [5.41, 5.74) is 10.2. The number of aliphatic carboxylic acids is 2. The third-order valence-electron chi connectivity index (χ3n) is 1.60. The highest BCUT2D eigenvalue weighted by atomic mass is 32.1. The van der Waals surface area contributed by atoms with Crippen LogP contribution in [0.2, 0.25) is 0 Å². The Morgan fingerprint density at radius 1 is 1.11 bits per heavy atom. The number of thiol groups is 2. The second-order valence-electron chi connectivity index (χ2n) is 3.16. The zero-order valence-corrected chi connectivity index (χ0v) is 12.7. The fourth-order valence-corrected chi connectivity index (χ4v) is 1.08. The van der Waals surface area contributed by atoms with E-state index in [0.717, 1.165) is 0 Å². The first kappa shape index (κ1) is 20.7. The van der Waals surface area contributed by atoms with E-state index < -0.39 is 24.0 Å². The zero-order chi connectivity index (χ0) is 15.3. The SMILES string of the molecule is N[C@@H](CCS)C(=O)O.N[C@@H](CCS)C(=O)O.[nH]1os1. The first-order valence-corrected chi connectivity index (χ1v) is 7.13. The van der Waals surface area contributed by atoms with Crippen LogP contribution in [-0.2, 0) is 9.59 Å².